The van der Waals surface area contributed by atoms with Crippen molar-refractivity contribution in [2.24, 2.45) is 5.14 Å². The summed E-state index contributed by atoms with van der Waals surface area (Å²) < 4.78 is 30.9. The number of nitrogens with zero attached hydrogens (tertiary/aromatic N) is 5. The van der Waals surface area contributed by atoms with Gasteiger partial charge < -0.3 is 15.0 Å². The molecule has 12 nitrogen and oxygen atoms in total. The number of nitrogens with two attached hydrogens (primary N) is 1. The van der Waals surface area contributed by atoms with Gasteiger partial charge in [0, 0.05) is 23.8 Å². The molecular weight excluding hydrogens is 566 g/mol. The molecule has 2 fully saturated rings. The van der Waals surface area contributed by atoms with Gasteiger partial charge in [-0.25, -0.2) is 28.3 Å². The van der Waals surface area contributed by atoms with Crippen LogP contribution in [0.2, 0.25) is 0 Å². The number of anilines is 1. The Morgan fingerprint density at radius 1 is 1.24 bits per heavy atom. The first kappa shape index (κ1) is 26.9. The fourth-order valence-corrected chi connectivity index (χ4v) is 7.30. The van der Waals surface area contributed by atoms with Crippen LogP contribution in [0.3, 0.4) is 0 Å². The minimum Gasteiger partial charge on any atom is -0.447 e. The Morgan fingerprint density at radius 3 is 2.73 bits per heavy atom. The average Bonchev–Trinajstić information content (AvgIpc) is 3.53. The number of carbonyl (C=O) groups excluding carboxylic acids is 1. The summed E-state index contributed by atoms with van der Waals surface area (Å²) in [5, 5.41) is 18.8. The van der Waals surface area contributed by atoms with E-state index in [1.54, 1.807) is 48.2 Å². The van der Waals surface area contributed by atoms with E-state index in [9.17, 15) is 18.0 Å². The number of hydrogen-bond donors (Lipinski definition) is 2. The highest BCUT2D eigenvalue weighted by Gasteiger charge is 2.38. The van der Waals surface area contributed by atoms with Crippen molar-refractivity contribution in [1.29, 1.82) is 5.26 Å². The summed E-state index contributed by atoms with van der Waals surface area (Å²) in [5.41, 5.74) is 3.04. The lowest BCUT2D eigenvalue weighted by Gasteiger charge is -2.33. The monoisotopic (exact) mass is 591 g/mol. The second kappa shape index (κ2) is 10.3. The number of benzene rings is 2. The number of amides is 1. The Labute approximate surface area is 239 Å². The Bertz CT molecular complexity index is 1890. The van der Waals surface area contributed by atoms with Gasteiger partial charge >= 0.3 is 6.09 Å². The van der Waals surface area contributed by atoms with Gasteiger partial charge in [0.1, 0.15) is 11.6 Å². The summed E-state index contributed by atoms with van der Waals surface area (Å²) in [6.07, 6.45) is 2.48. The third-order valence-electron chi connectivity index (χ3n) is 7.35. The number of sulfonamides is 1. The van der Waals surface area contributed by atoms with Gasteiger partial charge in [-0.15, -0.1) is 11.3 Å². The van der Waals surface area contributed by atoms with Gasteiger partial charge in [0.25, 0.3) is 5.56 Å². The Balaban J connectivity index is 1.41. The SMILES string of the molecule is Cc1nc(-c2cc3ncn(Cc4ccc(C#N)cc4)c(=O)c3cc2N[C@H]2CCN3C(=O)OC[C@@H]3C2)sc1S(N)(=O)=O. The number of aromatic nitrogens is 3. The third kappa shape index (κ3) is 5.15. The molecule has 4 aromatic rings. The van der Waals surface area contributed by atoms with Crippen LogP contribution in [0, 0.1) is 18.3 Å². The minimum atomic E-state index is -3.97. The number of cyclic esters (lactones) is 1. The fourth-order valence-electron chi connectivity index (χ4n) is 5.31. The summed E-state index contributed by atoms with van der Waals surface area (Å²) in [6.45, 7) is 2.72. The van der Waals surface area contributed by atoms with Crippen LogP contribution in [-0.2, 0) is 21.3 Å². The van der Waals surface area contributed by atoms with Gasteiger partial charge in [-0.1, -0.05) is 12.1 Å². The summed E-state index contributed by atoms with van der Waals surface area (Å²) >= 11 is 0.961. The Hall–Kier alpha value is -4.32. The maximum Gasteiger partial charge on any atom is 0.410 e. The average molecular weight is 592 g/mol. The van der Waals surface area contributed by atoms with Gasteiger partial charge in [0.2, 0.25) is 10.0 Å². The van der Waals surface area contributed by atoms with E-state index in [1.165, 1.54) is 10.9 Å². The van der Waals surface area contributed by atoms with Gasteiger partial charge in [-0.3, -0.25) is 9.36 Å². The molecular formula is C27H25N7O5S2. The smallest absolute Gasteiger partial charge is 0.410 e. The third-order valence-corrected chi connectivity index (χ3v) is 10.1. The van der Waals surface area contributed by atoms with E-state index < -0.39 is 10.0 Å². The summed E-state index contributed by atoms with van der Waals surface area (Å²) in [6, 6.07) is 12.5. The molecule has 0 unspecified atom stereocenters. The minimum absolute atomic E-state index is 0.0285. The normalized spacial score (nSPS) is 18.7. The van der Waals surface area contributed by atoms with Crippen molar-refractivity contribution < 1.29 is 17.9 Å². The topological polar surface area (TPSA) is 173 Å². The predicted octanol–water partition coefficient (Wildman–Crippen LogP) is 2.79. The number of hydrogen-bond acceptors (Lipinski definition) is 10. The number of fused-ring (bicyclic) bond motifs is 2. The number of piperidine rings is 1. The maximum absolute atomic E-state index is 13.6. The van der Waals surface area contributed by atoms with Crippen LogP contribution in [-0.4, -0.2) is 59.2 Å². The largest absolute Gasteiger partial charge is 0.447 e. The van der Waals surface area contributed by atoms with E-state index in [2.05, 4.69) is 21.4 Å². The first-order valence-corrected chi connectivity index (χ1v) is 15.2. The number of aryl methyl sites for hydroxylation is 1. The van der Waals surface area contributed by atoms with Crippen LogP contribution in [0.1, 0.15) is 29.7 Å². The molecule has 2 aliphatic rings. The van der Waals surface area contributed by atoms with Crippen LogP contribution >= 0.6 is 11.3 Å². The summed E-state index contributed by atoms with van der Waals surface area (Å²) in [4.78, 5) is 36.3. The van der Waals surface area contributed by atoms with Crippen LogP contribution in [0.5, 0.6) is 0 Å². The molecule has 6 rings (SSSR count). The summed E-state index contributed by atoms with van der Waals surface area (Å²) in [5.74, 6) is 0. The van der Waals surface area contributed by atoms with Gasteiger partial charge in [0.15, 0.2) is 4.21 Å². The van der Waals surface area contributed by atoms with Gasteiger partial charge in [-0.2, -0.15) is 5.26 Å². The second-order valence-corrected chi connectivity index (χ2v) is 12.9. The van der Waals surface area contributed by atoms with Gasteiger partial charge in [-0.05, 0) is 49.6 Å². The second-order valence-electron chi connectivity index (χ2n) is 10.1. The molecule has 2 aliphatic heterocycles. The van der Waals surface area contributed by atoms with Crippen molar-refractivity contribution in [2.45, 2.75) is 42.6 Å². The lowest BCUT2D eigenvalue weighted by molar-refractivity contribution is 0.153. The van der Waals surface area contributed by atoms with Gasteiger partial charge in [0.05, 0.1) is 47.1 Å². The number of carbonyl (C=O) groups is 1. The summed E-state index contributed by atoms with van der Waals surface area (Å²) in [7, 11) is -3.97. The van der Waals surface area contributed by atoms with Crippen molar-refractivity contribution >= 4 is 44.0 Å². The fraction of sp³-hybridized carbons (Fsp3) is 0.296. The number of nitriles is 1. The molecule has 1 amide bonds. The predicted molar refractivity (Wildman–Crippen MR) is 152 cm³/mol. The molecule has 0 saturated carbocycles. The zero-order valence-corrected chi connectivity index (χ0v) is 23.5. The highest BCUT2D eigenvalue weighted by Crippen LogP contribution is 2.38. The van der Waals surface area contributed by atoms with Crippen molar-refractivity contribution in [3.8, 4) is 16.6 Å². The number of primary sulfonamides is 1. The number of thiazole rings is 1. The quantitative estimate of drug-likeness (QED) is 0.342. The van der Waals surface area contributed by atoms with E-state index in [-0.39, 0.29) is 34.5 Å². The number of ether oxygens (including phenoxy) is 1. The lowest BCUT2D eigenvalue weighted by Crippen LogP contribution is -2.45. The van der Waals surface area contributed by atoms with Crippen LogP contribution in [0.4, 0.5) is 10.5 Å². The molecule has 41 heavy (non-hydrogen) atoms. The zero-order chi connectivity index (χ0) is 28.9. The van der Waals surface area contributed by atoms with E-state index >= 15 is 0 Å². The van der Waals surface area contributed by atoms with E-state index in [1.807, 2.05) is 0 Å². The van der Waals surface area contributed by atoms with Crippen LogP contribution < -0.4 is 16.0 Å². The molecule has 2 atom stereocenters. The first-order chi connectivity index (χ1) is 19.6. The molecule has 2 aromatic heterocycles. The van der Waals surface area contributed by atoms with E-state index in [0.717, 1.165) is 16.9 Å². The van der Waals surface area contributed by atoms with E-state index in [4.69, 9.17) is 15.1 Å². The Morgan fingerprint density at radius 2 is 2.02 bits per heavy atom. The molecule has 0 radical (unpaired) electrons. The molecule has 2 aromatic carbocycles. The van der Waals surface area contributed by atoms with Crippen molar-refractivity contribution in [2.75, 3.05) is 18.5 Å². The van der Waals surface area contributed by atoms with Crippen molar-refractivity contribution in [1.82, 2.24) is 19.4 Å². The molecule has 3 N–H and O–H groups in total. The van der Waals surface area contributed by atoms with Crippen LogP contribution in [0.15, 0.2) is 51.7 Å². The van der Waals surface area contributed by atoms with Crippen LogP contribution in [0.25, 0.3) is 21.5 Å². The molecule has 2 saturated heterocycles. The molecule has 0 spiro atoms. The zero-order valence-electron chi connectivity index (χ0n) is 21.9. The molecule has 4 heterocycles. The highest BCUT2D eigenvalue weighted by atomic mass is 32.2. The van der Waals surface area contributed by atoms with E-state index in [0.29, 0.717) is 64.4 Å². The molecule has 14 heteroatoms. The first-order valence-electron chi connectivity index (χ1n) is 12.8. The standard InChI is InChI=1S/C27H25N7O5S2/c1-15-26(41(29,37)38)40-24(31-15)20-9-22-21(10-23(20)32-18-6-7-34-19(8-18)13-39-27(34)36)25(35)33(14-30-22)12-17-4-2-16(11-28)3-5-17/h2-5,9-10,14,18-19,32H,6-8,12-13H2,1H3,(H2,29,37,38)/t18-,19-/m0/s1. The van der Waals surface area contributed by atoms with Crippen molar-refractivity contribution in [3.05, 3.63) is 69.9 Å². The maximum atomic E-state index is 13.6. The highest BCUT2D eigenvalue weighted by molar-refractivity contribution is 7.91. The molecule has 0 bridgehead atoms. The molecule has 210 valence electrons. The lowest BCUT2D eigenvalue weighted by atomic mass is 9.97. The Kier molecular flexibility index (Phi) is 6.72. The molecule has 0 aliphatic carbocycles. The van der Waals surface area contributed by atoms with Crippen molar-refractivity contribution in [3.63, 3.8) is 0 Å². The number of rotatable bonds is 6. The number of nitrogens with one attached hydrogen (secondary N) is 1.